The fraction of sp³-hybridized carbons (Fsp3) is 0. The molecule has 24 heavy (non-hydrogen) atoms. The van der Waals surface area contributed by atoms with Crippen molar-refractivity contribution in [2.45, 2.75) is 0 Å². The van der Waals surface area contributed by atoms with E-state index in [0.29, 0.717) is 11.4 Å². The van der Waals surface area contributed by atoms with Gasteiger partial charge in [0.05, 0.1) is 5.57 Å². The van der Waals surface area contributed by atoms with Gasteiger partial charge in [-0.3, -0.25) is 0 Å². The molecule has 2 aromatic carbocycles. The lowest BCUT2D eigenvalue weighted by Crippen LogP contribution is -2.49. The van der Waals surface area contributed by atoms with E-state index < -0.39 is 6.97 Å². The molecule has 3 aromatic rings. The van der Waals surface area contributed by atoms with Gasteiger partial charge in [-0.15, -0.1) is 0 Å². The number of aromatic nitrogens is 1. The van der Waals surface area contributed by atoms with Gasteiger partial charge in [0.1, 0.15) is 6.21 Å². The van der Waals surface area contributed by atoms with Gasteiger partial charge in [-0.2, -0.15) is 0 Å². The Labute approximate surface area is 137 Å². The number of halogens is 2. The van der Waals surface area contributed by atoms with E-state index in [1.165, 1.54) is 12.4 Å². The second-order valence-electron chi connectivity index (χ2n) is 6.09. The number of rotatable bonds is 1. The van der Waals surface area contributed by atoms with Crippen LogP contribution in [0.4, 0.5) is 8.63 Å². The molecule has 5 heteroatoms. The van der Waals surface area contributed by atoms with Crippen molar-refractivity contribution in [3.63, 3.8) is 0 Å². The van der Waals surface area contributed by atoms with E-state index in [0.717, 1.165) is 30.9 Å². The van der Waals surface area contributed by atoms with E-state index in [9.17, 15) is 8.63 Å². The van der Waals surface area contributed by atoms with Crippen LogP contribution in [0.2, 0.25) is 0 Å². The second kappa shape index (κ2) is 4.54. The molecule has 0 bridgehead atoms. The average Bonchev–Trinajstić information content (AvgIpc) is 3.25. The SMILES string of the molecule is F[B-]1(F)n2cccc2C(c2cccc3ccccc23)=C2C=CC=[N+]21. The van der Waals surface area contributed by atoms with E-state index in [2.05, 4.69) is 0 Å². The van der Waals surface area contributed by atoms with Gasteiger partial charge < -0.3 is 17.6 Å². The average molecular weight is 318 g/mol. The fourth-order valence-corrected chi connectivity index (χ4v) is 3.74. The van der Waals surface area contributed by atoms with Crippen LogP contribution in [0.1, 0.15) is 11.3 Å². The van der Waals surface area contributed by atoms with Gasteiger partial charge in [-0.1, -0.05) is 42.5 Å². The summed E-state index contributed by atoms with van der Waals surface area (Å²) in [6.45, 7) is -3.85. The molecule has 0 fully saturated rings. The molecular formula is C19H13BF2N2. The minimum Gasteiger partial charge on any atom is -0.396 e. The van der Waals surface area contributed by atoms with Crippen molar-refractivity contribution in [1.29, 1.82) is 0 Å². The van der Waals surface area contributed by atoms with Crippen LogP contribution in [0, 0.1) is 0 Å². The minimum atomic E-state index is -3.85. The molecule has 0 aliphatic carbocycles. The maximum Gasteiger partial charge on any atom is 0.737 e. The Hall–Kier alpha value is -2.95. The molecule has 2 aliphatic heterocycles. The van der Waals surface area contributed by atoms with Crippen molar-refractivity contribution in [3.05, 3.63) is 89.9 Å². The van der Waals surface area contributed by atoms with E-state index in [4.69, 9.17) is 0 Å². The minimum absolute atomic E-state index is 0.558. The normalized spacial score (nSPS) is 17.8. The van der Waals surface area contributed by atoms with Crippen LogP contribution in [0.3, 0.4) is 0 Å². The highest BCUT2D eigenvalue weighted by Gasteiger charge is 2.51. The maximum atomic E-state index is 14.8. The standard InChI is InChI=1S/C19H13BF2N2/c21-20(22)23-12-4-10-17(23)19(18-11-5-13-24(18)20)16-9-3-7-14-6-1-2-8-15(14)16/h1-13H. The molecule has 0 saturated carbocycles. The highest BCUT2D eigenvalue weighted by molar-refractivity contribution is 6.57. The molecule has 0 atom stereocenters. The Morgan fingerprint density at radius 1 is 0.917 bits per heavy atom. The monoisotopic (exact) mass is 318 g/mol. The molecule has 0 radical (unpaired) electrons. The van der Waals surface area contributed by atoms with E-state index >= 15 is 0 Å². The van der Waals surface area contributed by atoms with Gasteiger partial charge >= 0.3 is 6.97 Å². The predicted octanol–water partition coefficient (Wildman–Crippen LogP) is 4.29. The van der Waals surface area contributed by atoms with Gasteiger partial charge in [0.25, 0.3) is 0 Å². The number of benzene rings is 2. The first kappa shape index (κ1) is 13.5. The molecule has 0 spiro atoms. The van der Waals surface area contributed by atoms with Gasteiger partial charge in [0, 0.05) is 17.8 Å². The summed E-state index contributed by atoms with van der Waals surface area (Å²) in [7, 11) is 0. The lowest BCUT2D eigenvalue weighted by Gasteiger charge is -2.31. The molecule has 5 rings (SSSR count). The van der Waals surface area contributed by atoms with Crippen LogP contribution in [-0.4, -0.2) is 22.1 Å². The van der Waals surface area contributed by atoms with Gasteiger partial charge in [-0.25, -0.2) is 0 Å². The zero-order chi connectivity index (χ0) is 16.3. The van der Waals surface area contributed by atoms with Crippen molar-refractivity contribution < 1.29 is 13.1 Å². The highest BCUT2D eigenvalue weighted by atomic mass is 19.2. The smallest absolute Gasteiger partial charge is 0.396 e. The highest BCUT2D eigenvalue weighted by Crippen LogP contribution is 2.40. The number of hydrogen-bond donors (Lipinski definition) is 0. The van der Waals surface area contributed by atoms with Crippen molar-refractivity contribution in [1.82, 2.24) is 4.48 Å². The van der Waals surface area contributed by atoms with Crippen LogP contribution >= 0.6 is 0 Å². The molecule has 2 nitrogen and oxygen atoms in total. The van der Waals surface area contributed by atoms with Gasteiger partial charge in [0.2, 0.25) is 0 Å². The number of allylic oxidation sites excluding steroid dienone is 2. The number of nitrogens with zero attached hydrogens (tertiary/aromatic N) is 2. The Balaban J connectivity index is 1.91. The van der Waals surface area contributed by atoms with E-state index in [1.54, 1.807) is 24.3 Å². The van der Waals surface area contributed by atoms with Crippen molar-refractivity contribution in [3.8, 4) is 0 Å². The summed E-state index contributed by atoms with van der Waals surface area (Å²) in [6.07, 6.45) is 6.37. The summed E-state index contributed by atoms with van der Waals surface area (Å²) in [5.74, 6) is 0. The third-order valence-electron chi connectivity index (χ3n) is 4.80. The van der Waals surface area contributed by atoms with Crippen LogP contribution in [-0.2, 0) is 0 Å². The molecule has 0 unspecified atom stereocenters. The Morgan fingerprint density at radius 2 is 1.75 bits per heavy atom. The maximum absolute atomic E-state index is 14.8. The molecule has 0 saturated heterocycles. The zero-order valence-corrected chi connectivity index (χ0v) is 12.7. The van der Waals surface area contributed by atoms with Crippen molar-refractivity contribution in [2.75, 3.05) is 0 Å². The predicted molar refractivity (Wildman–Crippen MR) is 93.2 cm³/mol. The van der Waals surface area contributed by atoms with Crippen LogP contribution < -0.4 is 0 Å². The molecule has 3 heterocycles. The first-order valence-electron chi connectivity index (χ1n) is 7.90. The summed E-state index contributed by atoms with van der Waals surface area (Å²) in [6, 6.07) is 17.5. The zero-order valence-electron chi connectivity index (χ0n) is 12.7. The Morgan fingerprint density at radius 3 is 2.67 bits per heavy atom. The third-order valence-corrected chi connectivity index (χ3v) is 4.80. The largest absolute Gasteiger partial charge is 0.737 e. The molecular weight excluding hydrogens is 305 g/mol. The second-order valence-corrected chi connectivity index (χ2v) is 6.09. The van der Waals surface area contributed by atoms with E-state index in [1.807, 2.05) is 42.5 Å². The van der Waals surface area contributed by atoms with Crippen LogP contribution in [0.5, 0.6) is 0 Å². The quantitative estimate of drug-likeness (QED) is 0.592. The van der Waals surface area contributed by atoms with Crippen molar-refractivity contribution in [2.24, 2.45) is 0 Å². The topological polar surface area (TPSA) is 7.94 Å². The fourth-order valence-electron chi connectivity index (χ4n) is 3.74. The summed E-state index contributed by atoms with van der Waals surface area (Å²) in [4.78, 5) is 0. The van der Waals surface area contributed by atoms with E-state index in [-0.39, 0.29) is 0 Å². The summed E-state index contributed by atoms with van der Waals surface area (Å²) in [5.41, 5.74) is 2.93. The Bertz CT molecular complexity index is 1080. The molecule has 116 valence electrons. The van der Waals surface area contributed by atoms with Crippen molar-refractivity contribution >= 4 is 29.5 Å². The lowest BCUT2D eigenvalue weighted by atomic mass is 9.85. The molecule has 1 aromatic heterocycles. The first-order valence-corrected chi connectivity index (χ1v) is 7.90. The summed E-state index contributed by atoms with van der Waals surface area (Å²) < 4.78 is 31.9. The van der Waals surface area contributed by atoms with Crippen LogP contribution in [0.25, 0.3) is 16.3 Å². The third kappa shape index (κ3) is 1.61. The summed E-state index contributed by atoms with van der Waals surface area (Å²) >= 11 is 0. The van der Waals surface area contributed by atoms with Gasteiger partial charge in [0.15, 0.2) is 5.70 Å². The molecule has 2 aliphatic rings. The summed E-state index contributed by atoms with van der Waals surface area (Å²) in [5, 5.41) is 2.16. The van der Waals surface area contributed by atoms with Crippen LogP contribution in [0.15, 0.2) is 78.6 Å². The molecule has 0 amide bonds. The lowest BCUT2D eigenvalue weighted by molar-refractivity contribution is -0.356. The number of hydrogen-bond acceptors (Lipinski definition) is 0. The first-order chi connectivity index (χ1) is 11.7. The number of fused-ring (bicyclic) bond motifs is 3. The van der Waals surface area contributed by atoms with Gasteiger partial charge in [-0.05, 0) is 34.7 Å². The Kier molecular flexibility index (Phi) is 2.55. The molecule has 0 N–H and O–H groups in total.